The van der Waals surface area contributed by atoms with E-state index in [0.717, 1.165) is 25.9 Å². The topological polar surface area (TPSA) is 27.8 Å². The fraction of sp³-hybridized carbons (Fsp3) is 0.250. The molecule has 0 radical (unpaired) electrons. The molecule has 0 amide bonds. The van der Waals surface area contributed by atoms with Gasteiger partial charge in [0.2, 0.25) is 0 Å². The fourth-order valence-corrected chi connectivity index (χ4v) is 3.06. The van der Waals surface area contributed by atoms with Crippen molar-refractivity contribution in [2.45, 2.75) is 12.8 Å². The quantitative estimate of drug-likeness (QED) is 0.658. The second-order valence-corrected chi connectivity index (χ2v) is 5.72. The third kappa shape index (κ3) is 3.06. The van der Waals surface area contributed by atoms with Crippen LogP contribution in [0.1, 0.15) is 10.4 Å². The first-order valence-corrected chi connectivity index (χ1v) is 7.59. The maximum Gasteiger partial charge on any atom is 0.0456 e. The van der Waals surface area contributed by atoms with Crippen molar-refractivity contribution in [3.8, 4) is 0 Å². The highest BCUT2D eigenvalue weighted by molar-refractivity contribution is 7.09. The first-order chi connectivity index (χ1) is 9.43. The molecule has 3 heteroatoms. The summed E-state index contributed by atoms with van der Waals surface area (Å²) in [5, 5.41) is 7.01. The van der Waals surface area contributed by atoms with Crippen LogP contribution in [-0.2, 0) is 12.8 Å². The first-order valence-electron chi connectivity index (χ1n) is 6.71. The van der Waals surface area contributed by atoms with Gasteiger partial charge in [-0.2, -0.15) is 0 Å². The van der Waals surface area contributed by atoms with Crippen LogP contribution in [0, 0.1) is 0 Å². The number of aromatic nitrogens is 1. The van der Waals surface area contributed by atoms with Crippen molar-refractivity contribution in [3.63, 3.8) is 0 Å². The van der Waals surface area contributed by atoms with Crippen molar-refractivity contribution < 1.29 is 0 Å². The van der Waals surface area contributed by atoms with E-state index >= 15 is 0 Å². The molecule has 2 N–H and O–H groups in total. The highest BCUT2D eigenvalue weighted by atomic mass is 32.1. The van der Waals surface area contributed by atoms with Gasteiger partial charge in [0.05, 0.1) is 0 Å². The number of aromatic amines is 1. The maximum atomic E-state index is 3.52. The van der Waals surface area contributed by atoms with Gasteiger partial charge in [-0.15, -0.1) is 11.3 Å². The Morgan fingerprint density at radius 1 is 1.00 bits per heavy atom. The standard InChI is InChI=1S/C16H18N2S/c1-2-6-16-15(5-1)13(12-18-16)7-9-17-10-8-14-4-3-11-19-14/h1-6,11-12,17-18H,7-10H2. The van der Waals surface area contributed by atoms with Gasteiger partial charge in [0.1, 0.15) is 0 Å². The van der Waals surface area contributed by atoms with E-state index in [9.17, 15) is 0 Å². The number of rotatable bonds is 6. The average Bonchev–Trinajstić information content (AvgIpc) is 3.08. The average molecular weight is 270 g/mol. The lowest BCUT2D eigenvalue weighted by Crippen LogP contribution is -2.19. The maximum absolute atomic E-state index is 3.52. The number of H-pyrrole nitrogens is 1. The molecule has 0 aliphatic rings. The van der Waals surface area contributed by atoms with E-state index in [2.05, 4.69) is 58.3 Å². The Balaban J connectivity index is 1.47. The van der Waals surface area contributed by atoms with E-state index in [0.29, 0.717) is 0 Å². The molecular weight excluding hydrogens is 252 g/mol. The van der Waals surface area contributed by atoms with Crippen LogP contribution < -0.4 is 5.32 Å². The molecule has 0 bridgehead atoms. The summed E-state index contributed by atoms with van der Waals surface area (Å²) in [4.78, 5) is 4.78. The highest BCUT2D eigenvalue weighted by Gasteiger charge is 2.02. The lowest BCUT2D eigenvalue weighted by Gasteiger charge is -2.03. The highest BCUT2D eigenvalue weighted by Crippen LogP contribution is 2.17. The van der Waals surface area contributed by atoms with Crippen molar-refractivity contribution >= 4 is 22.2 Å². The summed E-state index contributed by atoms with van der Waals surface area (Å²) < 4.78 is 0. The minimum absolute atomic E-state index is 1.03. The second-order valence-electron chi connectivity index (χ2n) is 4.69. The zero-order chi connectivity index (χ0) is 12.9. The van der Waals surface area contributed by atoms with Crippen LogP contribution >= 0.6 is 11.3 Å². The number of hydrogen-bond donors (Lipinski definition) is 2. The third-order valence-electron chi connectivity index (χ3n) is 3.37. The van der Waals surface area contributed by atoms with E-state index < -0.39 is 0 Å². The van der Waals surface area contributed by atoms with Gasteiger partial charge >= 0.3 is 0 Å². The molecule has 98 valence electrons. The zero-order valence-electron chi connectivity index (χ0n) is 10.9. The summed E-state index contributed by atoms with van der Waals surface area (Å²) in [6, 6.07) is 12.8. The Morgan fingerprint density at radius 3 is 2.79 bits per heavy atom. The molecule has 0 saturated heterocycles. The van der Waals surface area contributed by atoms with Gasteiger partial charge in [-0.1, -0.05) is 24.3 Å². The predicted octanol–water partition coefficient (Wildman–Crippen LogP) is 3.60. The van der Waals surface area contributed by atoms with Gasteiger partial charge in [0, 0.05) is 22.0 Å². The smallest absolute Gasteiger partial charge is 0.0456 e. The van der Waals surface area contributed by atoms with Gasteiger partial charge in [0.15, 0.2) is 0 Å². The van der Waals surface area contributed by atoms with Gasteiger partial charge in [0.25, 0.3) is 0 Å². The predicted molar refractivity (Wildman–Crippen MR) is 82.9 cm³/mol. The molecule has 0 spiro atoms. The molecule has 0 fully saturated rings. The van der Waals surface area contributed by atoms with Crippen molar-refractivity contribution in [3.05, 3.63) is 58.4 Å². The van der Waals surface area contributed by atoms with Crippen molar-refractivity contribution in [2.75, 3.05) is 13.1 Å². The van der Waals surface area contributed by atoms with Crippen LogP contribution in [0.4, 0.5) is 0 Å². The summed E-state index contributed by atoms with van der Waals surface area (Å²) in [6.45, 7) is 2.09. The van der Waals surface area contributed by atoms with E-state index in [1.807, 2.05) is 11.3 Å². The molecule has 3 aromatic rings. The molecule has 3 rings (SSSR count). The fourth-order valence-electron chi connectivity index (χ4n) is 2.35. The van der Waals surface area contributed by atoms with E-state index in [1.54, 1.807) is 0 Å². The Labute approximate surface area is 117 Å². The van der Waals surface area contributed by atoms with Crippen molar-refractivity contribution in [1.29, 1.82) is 0 Å². The second kappa shape index (κ2) is 6.04. The molecule has 0 aliphatic heterocycles. The molecule has 2 heterocycles. The Hall–Kier alpha value is -1.58. The largest absolute Gasteiger partial charge is 0.361 e. The van der Waals surface area contributed by atoms with Crippen LogP contribution in [-0.4, -0.2) is 18.1 Å². The molecule has 0 aliphatic carbocycles. The first kappa shape index (κ1) is 12.5. The molecular formula is C16H18N2S. The molecule has 19 heavy (non-hydrogen) atoms. The summed E-state index contributed by atoms with van der Waals surface area (Å²) in [6.07, 6.45) is 4.34. The molecule has 1 aromatic carbocycles. The Morgan fingerprint density at radius 2 is 1.89 bits per heavy atom. The van der Waals surface area contributed by atoms with Gasteiger partial charge in [-0.25, -0.2) is 0 Å². The number of thiophene rings is 1. The minimum atomic E-state index is 1.03. The third-order valence-corrected chi connectivity index (χ3v) is 4.31. The number of hydrogen-bond acceptors (Lipinski definition) is 2. The lowest BCUT2D eigenvalue weighted by molar-refractivity contribution is 0.686. The summed E-state index contributed by atoms with van der Waals surface area (Å²) in [5.41, 5.74) is 2.63. The van der Waals surface area contributed by atoms with Gasteiger partial charge in [-0.05, 0) is 49.0 Å². The molecule has 0 unspecified atom stereocenters. The van der Waals surface area contributed by atoms with Gasteiger partial charge in [-0.3, -0.25) is 0 Å². The molecule has 2 nitrogen and oxygen atoms in total. The van der Waals surface area contributed by atoms with Gasteiger partial charge < -0.3 is 10.3 Å². The lowest BCUT2D eigenvalue weighted by atomic mass is 10.1. The van der Waals surface area contributed by atoms with Crippen LogP contribution in [0.2, 0.25) is 0 Å². The number of para-hydroxylation sites is 1. The van der Waals surface area contributed by atoms with Crippen LogP contribution in [0.15, 0.2) is 48.0 Å². The molecule has 0 saturated carbocycles. The summed E-state index contributed by atoms with van der Waals surface area (Å²) >= 11 is 1.84. The Bertz CT molecular complexity index is 625. The monoisotopic (exact) mass is 270 g/mol. The van der Waals surface area contributed by atoms with Crippen LogP contribution in [0.3, 0.4) is 0 Å². The SMILES string of the molecule is c1csc(CCNCCc2c[nH]c3ccccc23)c1. The van der Waals surface area contributed by atoms with Crippen molar-refractivity contribution in [2.24, 2.45) is 0 Å². The van der Waals surface area contributed by atoms with Crippen LogP contribution in [0.25, 0.3) is 10.9 Å². The number of fused-ring (bicyclic) bond motifs is 1. The zero-order valence-corrected chi connectivity index (χ0v) is 11.7. The van der Waals surface area contributed by atoms with E-state index in [1.165, 1.54) is 21.3 Å². The molecule has 0 atom stereocenters. The van der Waals surface area contributed by atoms with E-state index in [-0.39, 0.29) is 0 Å². The van der Waals surface area contributed by atoms with Crippen LogP contribution in [0.5, 0.6) is 0 Å². The number of benzene rings is 1. The Kier molecular flexibility index (Phi) is 3.96. The summed E-state index contributed by atoms with van der Waals surface area (Å²) in [5.74, 6) is 0. The van der Waals surface area contributed by atoms with Crippen molar-refractivity contribution in [1.82, 2.24) is 10.3 Å². The van der Waals surface area contributed by atoms with E-state index in [4.69, 9.17) is 0 Å². The summed E-state index contributed by atoms with van der Waals surface area (Å²) in [7, 11) is 0. The normalized spacial score (nSPS) is 11.2. The minimum Gasteiger partial charge on any atom is -0.361 e. The molecule has 2 aromatic heterocycles. The number of nitrogens with one attached hydrogen (secondary N) is 2.